The molecule has 0 aliphatic carbocycles. The number of rotatable bonds is 3. The van der Waals surface area contributed by atoms with Gasteiger partial charge in [-0.2, -0.15) is 0 Å². The number of hydrogen-bond donors (Lipinski definition) is 1. The van der Waals surface area contributed by atoms with Crippen molar-refractivity contribution in [2.45, 2.75) is 6.92 Å². The van der Waals surface area contributed by atoms with Gasteiger partial charge in [0.15, 0.2) is 0 Å². The molecule has 0 bridgehead atoms. The van der Waals surface area contributed by atoms with E-state index in [1.165, 1.54) is 19.3 Å². The van der Waals surface area contributed by atoms with E-state index in [-0.39, 0.29) is 10.8 Å². The van der Waals surface area contributed by atoms with Gasteiger partial charge in [0.2, 0.25) is 0 Å². The molecule has 0 atom stereocenters. The fourth-order valence-electron chi connectivity index (χ4n) is 1.21. The van der Waals surface area contributed by atoms with Gasteiger partial charge in [-0.3, -0.25) is 4.79 Å². The number of allylic oxidation sites excluding steroid dienone is 2. The number of halogens is 1. The molecule has 0 amide bonds. The molecule has 0 fully saturated rings. The zero-order valence-electron chi connectivity index (χ0n) is 8.45. The lowest BCUT2D eigenvalue weighted by atomic mass is 10.1. The Hall–Kier alpha value is -1.48. The van der Waals surface area contributed by atoms with Gasteiger partial charge in [-0.25, -0.2) is 0 Å². The summed E-state index contributed by atoms with van der Waals surface area (Å²) in [7, 11) is 1.49. The summed E-state index contributed by atoms with van der Waals surface area (Å²) >= 11 is 5.77. The second-order valence-corrected chi connectivity index (χ2v) is 3.40. The Kier molecular flexibility index (Phi) is 3.74. The van der Waals surface area contributed by atoms with Crippen molar-refractivity contribution in [3.63, 3.8) is 0 Å². The molecule has 0 aliphatic heterocycles. The third-order valence-corrected chi connectivity index (χ3v) is 2.31. The van der Waals surface area contributed by atoms with E-state index in [0.717, 1.165) is 5.57 Å². The minimum Gasteiger partial charge on any atom is -0.506 e. The van der Waals surface area contributed by atoms with Crippen LogP contribution in [0.5, 0.6) is 11.5 Å². The van der Waals surface area contributed by atoms with E-state index in [9.17, 15) is 9.90 Å². The van der Waals surface area contributed by atoms with E-state index in [1.54, 1.807) is 13.0 Å². The number of aromatic hydroxyl groups is 1. The van der Waals surface area contributed by atoms with Gasteiger partial charge in [-0.05, 0) is 24.6 Å². The minimum atomic E-state index is -0.0452. The number of carbonyl (C=O) groups excluding carboxylic acids is 1. The third-order valence-electron chi connectivity index (χ3n) is 2.01. The monoisotopic (exact) mass is 226 g/mol. The average molecular weight is 227 g/mol. The van der Waals surface area contributed by atoms with Crippen molar-refractivity contribution in [3.8, 4) is 11.5 Å². The maximum atomic E-state index is 10.3. The van der Waals surface area contributed by atoms with Crippen LogP contribution < -0.4 is 4.74 Å². The maximum absolute atomic E-state index is 10.3. The predicted molar refractivity (Wildman–Crippen MR) is 59.4 cm³/mol. The zero-order valence-corrected chi connectivity index (χ0v) is 9.21. The van der Waals surface area contributed by atoms with Crippen LogP contribution in [0.25, 0.3) is 5.57 Å². The third kappa shape index (κ3) is 2.50. The van der Waals surface area contributed by atoms with E-state index in [0.29, 0.717) is 17.6 Å². The lowest BCUT2D eigenvalue weighted by Gasteiger charge is -2.09. The van der Waals surface area contributed by atoms with Crippen LogP contribution in [-0.2, 0) is 4.79 Å². The molecule has 0 unspecified atom stereocenters. The van der Waals surface area contributed by atoms with E-state index in [4.69, 9.17) is 16.3 Å². The number of hydrogen-bond acceptors (Lipinski definition) is 3. The lowest BCUT2D eigenvalue weighted by Crippen LogP contribution is -1.90. The van der Waals surface area contributed by atoms with E-state index >= 15 is 0 Å². The van der Waals surface area contributed by atoms with Crippen molar-refractivity contribution < 1.29 is 14.6 Å². The van der Waals surface area contributed by atoms with Crippen molar-refractivity contribution in [1.29, 1.82) is 0 Å². The number of carbonyl (C=O) groups is 1. The quantitative estimate of drug-likeness (QED) is 0.637. The highest BCUT2D eigenvalue weighted by Gasteiger charge is 2.09. The first-order chi connectivity index (χ1) is 7.10. The Balaban J connectivity index is 3.33. The Labute approximate surface area is 92.9 Å². The molecule has 0 saturated heterocycles. The summed E-state index contributed by atoms with van der Waals surface area (Å²) in [6.07, 6.45) is 2.10. The summed E-state index contributed by atoms with van der Waals surface area (Å²) in [5, 5.41) is 9.59. The first-order valence-electron chi connectivity index (χ1n) is 4.29. The fraction of sp³-hybridized carbons (Fsp3) is 0.182. The van der Waals surface area contributed by atoms with Gasteiger partial charge < -0.3 is 9.84 Å². The van der Waals surface area contributed by atoms with Crippen LogP contribution in [0.15, 0.2) is 18.2 Å². The summed E-state index contributed by atoms with van der Waals surface area (Å²) in [6, 6.07) is 2.98. The molecule has 1 aromatic rings. The number of methoxy groups -OCH3 is 1. The fourth-order valence-corrected chi connectivity index (χ4v) is 1.38. The first kappa shape index (κ1) is 11.6. The van der Waals surface area contributed by atoms with Gasteiger partial charge in [0.05, 0.1) is 12.1 Å². The van der Waals surface area contributed by atoms with Crippen molar-refractivity contribution in [1.82, 2.24) is 0 Å². The number of ether oxygens (including phenoxy) is 1. The highest BCUT2D eigenvalue weighted by molar-refractivity contribution is 6.32. The van der Waals surface area contributed by atoms with Gasteiger partial charge in [0.25, 0.3) is 0 Å². The van der Waals surface area contributed by atoms with Gasteiger partial charge >= 0.3 is 0 Å². The molecular weight excluding hydrogens is 216 g/mol. The molecule has 0 saturated carbocycles. The molecule has 1 aromatic carbocycles. The molecule has 0 aromatic heterocycles. The number of aldehydes is 1. The van der Waals surface area contributed by atoms with E-state index in [2.05, 4.69) is 0 Å². The molecule has 15 heavy (non-hydrogen) atoms. The van der Waals surface area contributed by atoms with Gasteiger partial charge in [0, 0.05) is 11.6 Å². The minimum absolute atomic E-state index is 0.0452. The van der Waals surface area contributed by atoms with Gasteiger partial charge in [-0.15, -0.1) is 0 Å². The summed E-state index contributed by atoms with van der Waals surface area (Å²) in [6.45, 7) is 1.76. The molecule has 0 heterocycles. The van der Waals surface area contributed by atoms with Crippen LogP contribution in [0.1, 0.15) is 12.5 Å². The average Bonchev–Trinajstić information content (AvgIpc) is 2.21. The van der Waals surface area contributed by atoms with E-state index < -0.39 is 0 Å². The lowest BCUT2D eigenvalue weighted by molar-refractivity contribution is -0.104. The molecule has 80 valence electrons. The molecule has 1 rings (SSSR count). The van der Waals surface area contributed by atoms with Crippen molar-refractivity contribution in [3.05, 3.63) is 28.8 Å². The van der Waals surface area contributed by atoms with Crippen molar-refractivity contribution >= 4 is 23.5 Å². The highest BCUT2D eigenvalue weighted by atomic mass is 35.5. The second kappa shape index (κ2) is 4.84. The van der Waals surface area contributed by atoms with E-state index in [1.807, 2.05) is 0 Å². The smallest absolute Gasteiger partial charge is 0.143 e. The first-order valence-corrected chi connectivity index (χ1v) is 4.67. The number of phenolic OH excluding ortho intramolecular Hbond substituents is 1. The Bertz CT molecular complexity index is 411. The van der Waals surface area contributed by atoms with Crippen molar-refractivity contribution in [2.75, 3.05) is 7.11 Å². The highest BCUT2D eigenvalue weighted by Crippen LogP contribution is 2.35. The molecule has 0 aliphatic rings. The normalized spacial score (nSPS) is 11.3. The molecule has 3 nitrogen and oxygen atoms in total. The van der Waals surface area contributed by atoms with Crippen LogP contribution in [0.2, 0.25) is 5.02 Å². The Morgan fingerprint density at radius 3 is 2.73 bits per heavy atom. The van der Waals surface area contributed by atoms with Crippen LogP contribution in [0.4, 0.5) is 0 Å². The van der Waals surface area contributed by atoms with Crippen LogP contribution in [-0.4, -0.2) is 18.5 Å². The summed E-state index contributed by atoms with van der Waals surface area (Å²) in [5.41, 5.74) is 1.41. The summed E-state index contributed by atoms with van der Waals surface area (Å²) in [5.74, 6) is 0.434. The Morgan fingerprint density at radius 1 is 1.53 bits per heavy atom. The standard InChI is InChI=1S/C11H11ClO3/c1-7(3-4-13)8-5-9(12)10(14)6-11(8)15-2/h3-6,14H,1-2H3/b7-3-. The zero-order chi connectivity index (χ0) is 11.4. The van der Waals surface area contributed by atoms with Crippen LogP contribution in [0.3, 0.4) is 0 Å². The van der Waals surface area contributed by atoms with Gasteiger partial charge in [-0.1, -0.05) is 11.6 Å². The molecule has 0 spiro atoms. The summed E-state index contributed by atoms with van der Waals surface area (Å²) < 4.78 is 5.07. The maximum Gasteiger partial charge on any atom is 0.143 e. The molecule has 0 radical (unpaired) electrons. The molecule has 4 heteroatoms. The topological polar surface area (TPSA) is 46.5 Å². The SMILES string of the molecule is COc1cc(O)c(Cl)cc1/C(C)=C\C=O. The largest absolute Gasteiger partial charge is 0.506 e. The van der Waals surface area contributed by atoms with Crippen molar-refractivity contribution in [2.24, 2.45) is 0 Å². The Morgan fingerprint density at radius 2 is 2.20 bits per heavy atom. The van der Waals surface area contributed by atoms with Gasteiger partial charge in [0.1, 0.15) is 17.8 Å². The molecular formula is C11H11ClO3. The predicted octanol–water partition coefficient (Wildman–Crippen LogP) is 2.66. The summed E-state index contributed by atoms with van der Waals surface area (Å²) in [4.78, 5) is 10.3. The molecule has 1 N–H and O–H groups in total. The number of benzene rings is 1. The number of phenols is 1. The second-order valence-electron chi connectivity index (χ2n) is 2.99. The van der Waals surface area contributed by atoms with Crippen LogP contribution in [0, 0.1) is 0 Å². The van der Waals surface area contributed by atoms with Crippen LogP contribution >= 0.6 is 11.6 Å².